The molecular weight excluding hydrogens is 1110 g/mol. The van der Waals surface area contributed by atoms with Crippen molar-refractivity contribution in [2.24, 2.45) is 0 Å². The molecule has 0 nitrogen and oxygen atoms in total. The maximum absolute atomic E-state index is 7.18. The topological polar surface area (TPSA) is 0 Å². The molecule has 0 unspecified atom stereocenters. The van der Waals surface area contributed by atoms with Gasteiger partial charge >= 0.3 is 44.8 Å². The Morgan fingerprint density at radius 1 is 0.273 bits per heavy atom. The molecule has 4 heteroatoms. The van der Waals surface area contributed by atoms with Crippen molar-refractivity contribution in [1.29, 1.82) is 0 Å². The van der Waals surface area contributed by atoms with Gasteiger partial charge in [-0.05, 0) is 104 Å². The molecule has 0 amide bonds. The Bertz CT molecular complexity index is 3110. The van der Waals surface area contributed by atoms with E-state index in [1.807, 2.05) is 60.7 Å². The van der Waals surface area contributed by atoms with Crippen LogP contribution in [0.3, 0.4) is 0 Å². The first-order chi connectivity index (χ1) is 31.7. The Kier molecular flexibility index (Phi) is 17.0. The van der Waals surface area contributed by atoms with E-state index in [1.54, 1.807) is 0 Å². The van der Waals surface area contributed by atoms with E-state index < -0.39 is 15.8 Å². The maximum atomic E-state index is 7.18. The van der Waals surface area contributed by atoms with Gasteiger partial charge in [0.1, 0.15) is 47.7 Å². The predicted octanol–water partition coefficient (Wildman–Crippen LogP) is 12.5. The number of benzene rings is 11. The standard InChI is InChI=1S/C30H24P2.2C16H9.Ag.Au/c1-5-15-25(16-6-1)31(26-17-7-2-8-18-26)29-23-13-14-24-30(29)32(27-19-9-3-10-20-27)28-21-11-4-12-22-28;2*1-2-12-7-8-14-10-9-13-5-3-4-6-15(13)16(14)11-12;;/h1-24H;2*3-11H;;/q;2*-1;2*+1/p+2. The quantitative estimate of drug-likeness (QED) is 0.0512. The smallest absolute Gasteiger partial charge is 0.366 e. The summed E-state index contributed by atoms with van der Waals surface area (Å²) in [4.78, 5) is 0. The van der Waals surface area contributed by atoms with Crippen LogP contribution in [-0.2, 0) is 44.8 Å². The molecule has 322 valence electrons. The second-order valence-electron chi connectivity index (χ2n) is 15.5. The molecule has 0 radical (unpaired) electrons. The molecule has 0 bridgehead atoms. The van der Waals surface area contributed by atoms with Crippen molar-refractivity contribution in [2.75, 3.05) is 0 Å². The third-order valence-electron chi connectivity index (χ3n) is 11.5. The first kappa shape index (κ1) is 47.9. The van der Waals surface area contributed by atoms with Gasteiger partial charge in [-0.3, -0.25) is 11.8 Å². The summed E-state index contributed by atoms with van der Waals surface area (Å²) in [6.07, 6.45) is 14.4. The maximum Gasteiger partial charge on any atom is 1.00 e. The van der Waals surface area contributed by atoms with Gasteiger partial charge in [-0.2, -0.15) is 0 Å². The van der Waals surface area contributed by atoms with E-state index in [0.717, 1.165) is 11.1 Å². The zero-order valence-electron chi connectivity index (χ0n) is 35.9. The second-order valence-corrected chi connectivity index (χ2v) is 20.3. The molecule has 0 aliphatic rings. The first-order valence-electron chi connectivity index (χ1n) is 21.4. The van der Waals surface area contributed by atoms with Crippen LogP contribution in [0, 0.1) is 24.7 Å². The molecule has 66 heavy (non-hydrogen) atoms. The fourth-order valence-corrected chi connectivity index (χ4v) is 14.4. The van der Waals surface area contributed by atoms with Crippen molar-refractivity contribution in [2.45, 2.75) is 0 Å². The summed E-state index contributed by atoms with van der Waals surface area (Å²) >= 11 is 0. The largest absolute Gasteiger partial charge is 1.00 e. The van der Waals surface area contributed by atoms with Crippen LogP contribution in [0.4, 0.5) is 0 Å². The molecule has 11 rings (SSSR count). The summed E-state index contributed by atoms with van der Waals surface area (Å²) in [6, 6.07) is 90.5. The van der Waals surface area contributed by atoms with E-state index in [0.29, 0.717) is 0 Å². The minimum atomic E-state index is -1.14. The molecular formula is C62H44AgAuP2+2. The summed E-state index contributed by atoms with van der Waals surface area (Å²) in [5, 5.41) is 18.4. The van der Waals surface area contributed by atoms with Crippen LogP contribution in [0.1, 0.15) is 11.1 Å². The van der Waals surface area contributed by atoms with Gasteiger partial charge in [0, 0.05) is 0 Å². The fourth-order valence-electron chi connectivity index (χ4n) is 8.45. The van der Waals surface area contributed by atoms with Crippen molar-refractivity contribution in [3.05, 3.63) is 279 Å². The Morgan fingerprint density at radius 2 is 0.530 bits per heavy atom. The molecule has 0 saturated heterocycles. The van der Waals surface area contributed by atoms with Crippen LogP contribution in [0.15, 0.2) is 255 Å². The van der Waals surface area contributed by atoms with Gasteiger partial charge in [0.15, 0.2) is 0 Å². The minimum Gasteiger partial charge on any atom is -0.366 e. The Labute approximate surface area is 422 Å². The molecule has 0 aliphatic carbocycles. The molecule has 0 N–H and O–H groups in total. The van der Waals surface area contributed by atoms with Crippen molar-refractivity contribution >= 4 is 90.8 Å². The fraction of sp³-hybridized carbons (Fsp3) is 0. The van der Waals surface area contributed by atoms with Gasteiger partial charge in [-0.1, -0.05) is 170 Å². The van der Waals surface area contributed by atoms with E-state index in [2.05, 4.69) is 206 Å². The molecule has 0 atom stereocenters. The van der Waals surface area contributed by atoms with E-state index in [4.69, 9.17) is 12.8 Å². The Hall–Kier alpha value is -6.08. The predicted molar refractivity (Wildman–Crippen MR) is 282 cm³/mol. The van der Waals surface area contributed by atoms with Gasteiger partial charge in [-0.15, -0.1) is 35.4 Å². The van der Waals surface area contributed by atoms with E-state index >= 15 is 0 Å². The zero-order chi connectivity index (χ0) is 43.5. The average molecular weight is 1160 g/mol. The van der Waals surface area contributed by atoms with Gasteiger partial charge in [0.2, 0.25) is 0 Å². The number of rotatable bonds is 6. The third kappa shape index (κ3) is 10.9. The first-order valence-corrected chi connectivity index (χ1v) is 24.4. The van der Waals surface area contributed by atoms with Crippen molar-refractivity contribution in [3.63, 3.8) is 0 Å². The summed E-state index contributed by atoms with van der Waals surface area (Å²) in [5.41, 5.74) is 1.65. The van der Waals surface area contributed by atoms with Gasteiger partial charge in [-0.25, -0.2) is 0 Å². The van der Waals surface area contributed by atoms with Crippen molar-refractivity contribution in [1.82, 2.24) is 0 Å². The number of hydrogen-bond donors (Lipinski definition) is 0. The van der Waals surface area contributed by atoms with Crippen LogP contribution in [0.2, 0.25) is 0 Å². The third-order valence-corrected chi connectivity index (χ3v) is 17.3. The SMILES string of the molecule is [Ag+].[Au+].[C-]#Cc1ccc2ccc3ccccc3c2c1.[C-]#Cc1ccc2ccc3ccccc3c2c1.c1ccc([PH+](c2ccccc2)c2ccccc2[PH+](c2ccccc2)c2ccccc2)cc1. The number of hydrogen-bond acceptors (Lipinski definition) is 0. The van der Waals surface area contributed by atoms with Gasteiger partial charge < -0.3 is 12.8 Å². The molecule has 0 fully saturated rings. The zero-order valence-corrected chi connectivity index (χ0v) is 41.5. The second kappa shape index (κ2) is 23.4. The van der Waals surface area contributed by atoms with E-state index in [9.17, 15) is 0 Å². The average Bonchev–Trinajstić information content (AvgIpc) is 3.38. The molecule has 11 aromatic rings. The van der Waals surface area contributed by atoms with Crippen LogP contribution < -0.4 is 31.8 Å². The van der Waals surface area contributed by atoms with Crippen molar-refractivity contribution in [3.8, 4) is 11.8 Å². The van der Waals surface area contributed by atoms with Crippen molar-refractivity contribution < 1.29 is 44.8 Å². The van der Waals surface area contributed by atoms with Gasteiger partial charge in [0.05, 0.1) is 0 Å². The molecule has 0 saturated carbocycles. The van der Waals surface area contributed by atoms with Crippen LogP contribution in [0.25, 0.3) is 43.1 Å². The summed E-state index contributed by atoms with van der Waals surface area (Å²) in [6.45, 7) is 0. The van der Waals surface area contributed by atoms with Crippen LogP contribution in [-0.4, -0.2) is 0 Å². The molecule has 0 heterocycles. The monoisotopic (exact) mass is 1150 g/mol. The Morgan fingerprint density at radius 3 is 0.848 bits per heavy atom. The van der Waals surface area contributed by atoms with Crippen LogP contribution in [0.5, 0.6) is 0 Å². The summed E-state index contributed by atoms with van der Waals surface area (Å²) in [7, 11) is -2.28. The molecule has 0 aromatic heterocycles. The molecule has 0 spiro atoms. The van der Waals surface area contributed by atoms with E-state index in [1.165, 1.54) is 74.9 Å². The normalized spacial score (nSPS) is 10.4. The summed E-state index contributed by atoms with van der Waals surface area (Å²) in [5.74, 6) is 4.87. The number of fused-ring (bicyclic) bond motifs is 6. The Balaban J connectivity index is 0.000000160. The molecule has 11 aromatic carbocycles. The van der Waals surface area contributed by atoms with Crippen LogP contribution >= 0.6 is 15.8 Å². The van der Waals surface area contributed by atoms with Gasteiger partial charge in [0.25, 0.3) is 0 Å². The summed E-state index contributed by atoms with van der Waals surface area (Å²) < 4.78 is 0. The van der Waals surface area contributed by atoms with E-state index in [-0.39, 0.29) is 44.8 Å². The minimum absolute atomic E-state index is 0. The molecule has 0 aliphatic heterocycles.